The minimum Gasteiger partial charge on any atom is -0.393 e. The Kier molecular flexibility index (Phi) is 8.52. The van der Waals surface area contributed by atoms with Gasteiger partial charge in [-0.15, -0.1) is 0 Å². The Morgan fingerprint density at radius 2 is 1.73 bits per heavy atom. The van der Waals surface area contributed by atoms with Gasteiger partial charge in [-0.3, -0.25) is 19.1 Å². The predicted molar refractivity (Wildman–Crippen MR) is 194 cm³/mol. The average Bonchev–Trinajstić information content (AvgIpc) is 3.97. The highest BCUT2D eigenvalue weighted by Gasteiger charge is 2.33. The Labute approximate surface area is 296 Å². The number of amides is 3. The molecule has 0 bridgehead atoms. The van der Waals surface area contributed by atoms with Crippen molar-refractivity contribution >= 4 is 34.9 Å². The summed E-state index contributed by atoms with van der Waals surface area (Å²) in [6.07, 6.45) is 9.98. The zero-order valence-corrected chi connectivity index (χ0v) is 28.9. The van der Waals surface area contributed by atoms with E-state index in [1.165, 1.54) is 6.08 Å². The number of anilines is 3. The molecule has 14 nitrogen and oxygen atoms in total. The Bertz CT molecular complexity index is 1940. The van der Waals surface area contributed by atoms with Crippen molar-refractivity contribution in [1.82, 2.24) is 30.3 Å². The van der Waals surface area contributed by atoms with Gasteiger partial charge in [0.2, 0.25) is 5.91 Å². The number of nitrogens with one attached hydrogen (secondary N) is 3. The number of benzene rings is 1. The van der Waals surface area contributed by atoms with Crippen molar-refractivity contribution in [2.45, 2.75) is 63.6 Å². The third-order valence-electron chi connectivity index (χ3n) is 10.4. The molecule has 0 radical (unpaired) electrons. The number of carbonyl (C=O) groups is 3. The molecule has 1 aromatic carbocycles. The molecule has 8 rings (SSSR count). The highest BCUT2D eigenvalue weighted by Crippen LogP contribution is 2.44. The molecular weight excluding hydrogens is 646 g/mol. The van der Waals surface area contributed by atoms with Gasteiger partial charge in [0.05, 0.1) is 41.5 Å². The van der Waals surface area contributed by atoms with Crippen LogP contribution in [0, 0.1) is 5.92 Å². The lowest BCUT2D eigenvalue weighted by Crippen LogP contribution is -2.33. The lowest BCUT2D eigenvalue weighted by Gasteiger charge is -2.31. The summed E-state index contributed by atoms with van der Waals surface area (Å²) in [4.78, 5) is 49.6. The maximum atomic E-state index is 13.1. The molecule has 2 aromatic heterocycles. The second-order valence-electron chi connectivity index (χ2n) is 14.3. The van der Waals surface area contributed by atoms with Crippen molar-refractivity contribution in [2.24, 2.45) is 17.4 Å². The maximum absolute atomic E-state index is 13.1. The number of hydrogen-bond acceptors (Lipinski definition) is 10. The molecule has 266 valence electrons. The number of nitrogens with zero attached hydrogens (tertiary/aromatic N) is 6. The summed E-state index contributed by atoms with van der Waals surface area (Å²) in [5, 5.41) is 14.0. The van der Waals surface area contributed by atoms with Crippen LogP contribution in [0.15, 0.2) is 65.9 Å². The number of carbonyl (C=O) groups excluding carboxylic acids is 3. The maximum Gasteiger partial charge on any atom is 0.272 e. The van der Waals surface area contributed by atoms with E-state index in [-0.39, 0.29) is 47.2 Å². The fourth-order valence-electron chi connectivity index (χ4n) is 7.33. The van der Waals surface area contributed by atoms with Crippen LogP contribution in [-0.4, -0.2) is 76.7 Å². The van der Waals surface area contributed by atoms with Gasteiger partial charge in [-0.25, -0.2) is 4.98 Å². The first-order valence-corrected chi connectivity index (χ1v) is 18.0. The van der Waals surface area contributed by atoms with Gasteiger partial charge in [-0.05, 0) is 63.1 Å². The van der Waals surface area contributed by atoms with Crippen LogP contribution in [0.25, 0.3) is 11.1 Å². The van der Waals surface area contributed by atoms with Gasteiger partial charge in [-0.1, -0.05) is 18.2 Å². The highest BCUT2D eigenvalue weighted by atomic mass is 16.2. The van der Waals surface area contributed by atoms with Gasteiger partial charge >= 0.3 is 0 Å². The van der Waals surface area contributed by atoms with Crippen molar-refractivity contribution in [2.75, 3.05) is 48.3 Å². The second kappa shape index (κ2) is 13.3. The summed E-state index contributed by atoms with van der Waals surface area (Å²) in [7, 11) is 2.03. The molecule has 14 heteroatoms. The SMILES string of the molecule is CN1Cc2c(cnn2C2CCN(c3cccc(C(=O)N4CCCC4)n3)C2)-c2cccc(NC(/C=C(\N)NC(=O)C3CC3)=C(/N)C(=O)NC3CC3)c21. The van der Waals surface area contributed by atoms with Crippen molar-refractivity contribution in [3.63, 3.8) is 0 Å². The molecule has 4 fully saturated rings. The first-order valence-electron chi connectivity index (χ1n) is 18.0. The Balaban J connectivity index is 1.04. The van der Waals surface area contributed by atoms with Crippen molar-refractivity contribution in [3.8, 4) is 11.1 Å². The molecular formula is C37H45N11O3. The molecule has 1 unspecified atom stereocenters. The largest absolute Gasteiger partial charge is 0.393 e. The average molecular weight is 692 g/mol. The molecule has 51 heavy (non-hydrogen) atoms. The number of hydrogen-bond donors (Lipinski definition) is 5. The van der Waals surface area contributed by atoms with E-state index in [4.69, 9.17) is 21.5 Å². The summed E-state index contributed by atoms with van der Waals surface area (Å²) < 4.78 is 2.14. The number of pyridine rings is 1. The molecule has 0 spiro atoms. The first kappa shape index (κ1) is 32.7. The zero-order chi connectivity index (χ0) is 35.2. The molecule has 3 aromatic rings. The fraction of sp³-hybridized carbons (Fsp3) is 0.432. The minimum absolute atomic E-state index is 0.00783. The van der Waals surface area contributed by atoms with E-state index < -0.39 is 0 Å². The lowest BCUT2D eigenvalue weighted by atomic mass is 9.97. The summed E-state index contributed by atoms with van der Waals surface area (Å²) in [6, 6.07) is 11.9. The van der Waals surface area contributed by atoms with E-state index in [0.717, 1.165) is 105 Å². The summed E-state index contributed by atoms with van der Waals surface area (Å²) in [5.74, 6) is 0.399. The van der Waals surface area contributed by atoms with Crippen LogP contribution >= 0.6 is 0 Å². The topological polar surface area (TPSA) is 180 Å². The molecule has 3 amide bonds. The third kappa shape index (κ3) is 6.69. The van der Waals surface area contributed by atoms with E-state index in [1.807, 2.05) is 48.5 Å². The number of nitrogens with two attached hydrogens (primary N) is 2. The van der Waals surface area contributed by atoms with E-state index in [1.54, 1.807) is 0 Å². The molecule has 2 saturated carbocycles. The predicted octanol–water partition coefficient (Wildman–Crippen LogP) is 2.77. The van der Waals surface area contributed by atoms with Crippen LogP contribution in [0.4, 0.5) is 17.2 Å². The first-order chi connectivity index (χ1) is 24.7. The normalized spacial score (nSPS) is 20.5. The van der Waals surface area contributed by atoms with Crippen LogP contribution in [-0.2, 0) is 16.1 Å². The molecule has 1 atom stereocenters. The van der Waals surface area contributed by atoms with Crippen molar-refractivity contribution in [1.29, 1.82) is 0 Å². The number of allylic oxidation sites excluding steroid dienone is 1. The van der Waals surface area contributed by atoms with E-state index in [0.29, 0.717) is 17.9 Å². The van der Waals surface area contributed by atoms with Gasteiger partial charge in [0.25, 0.3) is 11.8 Å². The summed E-state index contributed by atoms with van der Waals surface area (Å²) in [6.45, 7) is 3.76. The third-order valence-corrected chi connectivity index (χ3v) is 10.4. The van der Waals surface area contributed by atoms with Crippen molar-refractivity contribution < 1.29 is 14.4 Å². The van der Waals surface area contributed by atoms with Crippen LogP contribution in [0.1, 0.15) is 67.2 Å². The van der Waals surface area contributed by atoms with Crippen LogP contribution < -0.4 is 37.2 Å². The van der Waals surface area contributed by atoms with Crippen molar-refractivity contribution in [3.05, 3.63) is 77.3 Å². The number of para-hydroxylation sites is 1. The molecule has 5 heterocycles. The lowest BCUT2D eigenvalue weighted by molar-refractivity contribution is -0.121. The Morgan fingerprint density at radius 1 is 0.941 bits per heavy atom. The van der Waals surface area contributed by atoms with Crippen LogP contribution in [0.5, 0.6) is 0 Å². The van der Waals surface area contributed by atoms with E-state index in [2.05, 4.69) is 36.5 Å². The number of fused-ring (bicyclic) bond motifs is 3. The number of likely N-dealkylation sites (tertiary alicyclic amines) is 1. The number of aromatic nitrogens is 3. The summed E-state index contributed by atoms with van der Waals surface area (Å²) in [5.41, 5.74) is 18.3. The second-order valence-corrected chi connectivity index (χ2v) is 14.3. The van der Waals surface area contributed by atoms with Gasteiger partial charge in [0.15, 0.2) is 0 Å². The van der Waals surface area contributed by atoms with E-state index in [9.17, 15) is 14.4 Å². The van der Waals surface area contributed by atoms with Gasteiger partial charge in [0.1, 0.15) is 23.0 Å². The van der Waals surface area contributed by atoms with Crippen LogP contribution in [0.3, 0.4) is 0 Å². The number of rotatable bonds is 10. The quantitative estimate of drug-likeness (QED) is 0.157. The van der Waals surface area contributed by atoms with Gasteiger partial charge in [0, 0.05) is 62.4 Å². The molecule has 3 aliphatic heterocycles. The van der Waals surface area contributed by atoms with Gasteiger partial charge in [-0.2, -0.15) is 5.10 Å². The molecule has 2 saturated heterocycles. The smallest absolute Gasteiger partial charge is 0.272 e. The standard InChI is InChI=1S/C37H45N11O3/c1-45-21-30-26(19-40-48(30)24-14-17-47(20-24)32-9-5-8-28(43-32)37(51)46-15-2-3-16-46)25-6-4-7-27(34(25)45)42-29(33(39)36(50)41-23-12-13-23)18-31(38)44-35(49)22-10-11-22/h4-9,18-19,22-24,42H,2-3,10-17,20-21,38-39H2,1H3,(H,41,50)(H,44,49)/b31-18+,33-29+. The summed E-state index contributed by atoms with van der Waals surface area (Å²) >= 11 is 0. The minimum atomic E-state index is -0.384. The molecule has 2 aliphatic carbocycles. The van der Waals surface area contributed by atoms with E-state index >= 15 is 0 Å². The molecule has 5 aliphatic rings. The molecule has 7 N–H and O–H groups in total. The highest BCUT2D eigenvalue weighted by molar-refractivity contribution is 5.96. The zero-order valence-electron chi connectivity index (χ0n) is 28.9. The van der Waals surface area contributed by atoms with Gasteiger partial charge < -0.3 is 42.1 Å². The monoisotopic (exact) mass is 691 g/mol. The Morgan fingerprint density at radius 3 is 2.49 bits per heavy atom. The van der Waals surface area contributed by atoms with Crippen LogP contribution in [0.2, 0.25) is 0 Å². The fourth-order valence-corrected chi connectivity index (χ4v) is 7.33. The Hall–Kier alpha value is -5.53.